The van der Waals surface area contributed by atoms with Crippen molar-refractivity contribution in [2.75, 3.05) is 11.9 Å². The second-order valence-corrected chi connectivity index (χ2v) is 2.47. The van der Waals surface area contributed by atoms with Gasteiger partial charge in [0.25, 0.3) is 10.9 Å². The molecule has 0 radical (unpaired) electrons. The van der Waals surface area contributed by atoms with Crippen LogP contribution in [-0.2, 0) is 0 Å². The molecular formula is C8H10N2O2. The molecule has 0 unspecified atom stereocenters. The van der Waals surface area contributed by atoms with Gasteiger partial charge in [0.15, 0.2) is 0 Å². The minimum Gasteiger partial charge on any atom is -0.380 e. The zero-order valence-corrected chi connectivity index (χ0v) is 6.89. The van der Waals surface area contributed by atoms with Crippen molar-refractivity contribution in [3.8, 4) is 0 Å². The van der Waals surface area contributed by atoms with E-state index < -0.39 is 10.9 Å². The van der Waals surface area contributed by atoms with Crippen LogP contribution in [0.4, 0.5) is 11.4 Å². The van der Waals surface area contributed by atoms with Crippen LogP contribution in [0.25, 0.3) is 0 Å². The van der Waals surface area contributed by atoms with Crippen molar-refractivity contribution in [2.24, 2.45) is 4.99 Å². The summed E-state index contributed by atoms with van der Waals surface area (Å²) in [5.41, 5.74) is -0.528. The van der Waals surface area contributed by atoms with E-state index >= 15 is 0 Å². The third-order valence-electron chi connectivity index (χ3n) is 1.60. The highest BCUT2D eigenvalue weighted by Gasteiger charge is 2.18. The van der Waals surface area contributed by atoms with Gasteiger partial charge in [-0.25, -0.2) is 0 Å². The highest BCUT2D eigenvalue weighted by atomic mass is 16.2. The number of nitrogens with zero attached hydrogens (tertiary/aromatic N) is 1. The van der Waals surface area contributed by atoms with E-state index in [0.717, 1.165) is 6.42 Å². The van der Waals surface area contributed by atoms with Crippen LogP contribution in [-0.4, -0.2) is 13.3 Å². The Hall–Kier alpha value is -1.45. The Balaban J connectivity index is 2.86. The minimum absolute atomic E-state index is 0.174. The normalized spacial score (nSPS) is 10.1. The van der Waals surface area contributed by atoms with E-state index in [2.05, 4.69) is 17.0 Å². The molecule has 12 heavy (non-hydrogen) atoms. The van der Waals surface area contributed by atoms with Gasteiger partial charge in [-0.05, 0) is 13.1 Å². The van der Waals surface area contributed by atoms with Crippen molar-refractivity contribution >= 4 is 18.1 Å². The first-order chi connectivity index (χ1) is 5.72. The van der Waals surface area contributed by atoms with E-state index in [0.29, 0.717) is 12.2 Å². The molecule has 4 heteroatoms. The lowest BCUT2D eigenvalue weighted by atomic mass is 10.2. The van der Waals surface area contributed by atoms with E-state index in [9.17, 15) is 9.59 Å². The number of rotatable bonds is 4. The molecule has 64 valence electrons. The van der Waals surface area contributed by atoms with Crippen LogP contribution in [0.2, 0.25) is 0 Å². The third kappa shape index (κ3) is 1.15. The fourth-order valence-electron chi connectivity index (χ4n) is 0.944. The summed E-state index contributed by atoms with van der Waals surface area (Å²) in [5.74, 6) is 0. The second kappa shape index (κ2) is 3.30. The largest absolute Gasteiger partial charge is 0.380 e. The summed E-state index contributed by atoms with van der Waals surface area (Å²) in [7, 11) is 0. The molecule has 1 aromatic rings. The molecule has 0 aliphatic carbocycles. The predicted molar refractivity (Wildman–Crippen MR) is 49.3 cm³/mol. The van der Waals surface area contributed by atoms with E-state index in [1.54, 1.807) is 0 Å². The van der Waals surface area contributed by atoms with E-state index in [4.69, 9.17) is 0 Å². The number of hydrogen-bond donors (Lipinski definition) is 1. The molecule has 0 aromatic heterocycles. The highest BCUT2D eigenvalue weighted by Crippen LogP contribution is 2.16. The topological polar surface area (TPSA) is 58.5 Å². The molecule has 0 aliphatic heterocycles. The molecule has 1 rings (SSSR count). The molecule has 1 aromatic carbocycles. The van der Waals surface area contributed by atoms with Crippen LogP contribution in [0, 0.1) is 0 Å². The molecule has 0 aliphatic rings. The van der Waals surface area contributed by atoms with Gasteiger partial charge in [0.1, 0.15) is 11.4 Å². The van der Waals surface area contributed by atoms with Crippen molar-refractivity contribution in [3.05, 3.63) is 20.4 Å². The summed E-state index contributed by atoms with van der Waals surface area (Å²) < 4.78 is 0. The van der Waals surface area contributed by atoms with Crippen LogP contribution in [0.5, 0.6) is 0 Å². The smallest absolute Gasteiger partial charge is 0.255 e. The summed E-state index contributed by atoms with van der Waals surface area (Å²) >= 11 is 0. The fraction of sp³-hybridized carbons (Fsp3) is 0.375. The van der Waals surface area contributed by atoms with Crippen molar-refractivity contribution in [1.29, 1.82) is 0 Å². The Labute approximate surface area is 69.6 Å². The summed E-state index contributed by atoms with van der Waals surface area (Å²) in [6.45, 7) is 5.85. The van der Waals surface area contributed by atoms with Gasteiger partial charge >= 0.3 is 0 Å². The van der Waals surface area contributed by atoms with Crippen LogP contribution < -0.4 is 16.2 Å². The molecule has 0 saturated heterocycles. The van der Waals surface area contributed by atoms with Gasteiger partial charge in [0.05, 0.1) is 0 Å². The lowest BCUT2D eigenvalue weighted by Gasteiger charge is -2.07. The van der Waals surface area contributed by atoms with E-state index in [1.165, 1.54) is 0 Å². The maximum Gasteiger partial charge on any atom is 0.255 e. The Morgan fingerprint density at radius 3 is 2.58 bits per heavy atom. The Kier molecular flexibility index (Phi) is 2.38. The number of aliphatic imine (C=N–C) groups is 1. The fourth-order valence-corrected chi connectivity index (χ4v) is 0.944. The van der Waals surface area contributed by atoms with Gasteiger partial charge in [0, 0.05) is 6.54 Å². The van der Waals surface area contributed by atoms with Gasteiger partial charge in [-0.3, -0.25) is 14.6 Å². The molecule has 0 amide bonds. The molecule has 0 spiro atoms. The number of hydrogen-bond acceptors (Lipinski definition) is 4. The molecule has 0 fully saturated rings. The number of nitrogens with one attached hydrogen (secondary N) is 1. The van der Waals surface area contributed by atoms with Crippen LogP contribution in [0.1, 0.15) is 13.3 Å². The Bertz CT molecular complexity index is 361. The van der Waals surface area contributed by atoms with Crippen LogP contribution in [0.15, 0.2) is 14.6 Å². The van der Waals surface area contributed by atoms with E-state index in [1.807, 2.05) is 6.92 Å². The van der Waals surface area contributed by atoms with Crippen molar-refractivity contribution in [1.82, 2.24) is 0 Å². The molecule has 0 bridgehead atoms. The zero-order chi connectivity index (χ0) is 9.14. The maximum absolute atomic E-state index is 10.9. The first-order valence-electron chi connectivity index (χ1n) is 3.76. The molecule has 0 atom stereocenters. The first-order valence-corrected chi connectivity index (χ1v) is 3.76. The van der Waals surface area contributed by atoms with Gasteiger partial charge in [-0.15, -0.1) is 0 Å². The van der Waals surface area contributed by atoms with Crippen LogP contribution in [0.3, 0.4) is 0 Å². The first kappa shape index (κ1) is 8.64. The zero-order valence-electron chi connectivity index (χ0n) is 6.89. The molecular weight excluding hydrogens is 156 g/mol. The van der Waals surface area contributed by atoms with Gasteiger partial charge in [-0.2, -0.15) is 0 Å². The molecule has 0 heterocycles. The third-order valence-corrected chi connectivity index (χ3v) is 1.60. The Morgan fingerprint density at radius 1 is 1.42 bits per heavy atom. The lowest BCUT2D eigenvalue weighted by Crippen LogP contribution is -2.33. The number of anilines is 1. The maximum atomic E-state index is 10.9. The van der Waals surface area contributed by atoms with Gasteiger partial charge in [-0.1, -0.05) is 6.92 Å². The highest BCUT2D eigenvalue weighted by molar-refractivity contribution is 5.72. The SMILES string of the molecule is C=Nc1c(NCCC)c(=O)c1=O. The lowest BCUT2D eigenvalue weighted by molar-refractivity contribution is 0.974. The molecule has 1 N–H and O–H groups in total. The molecule has 4 nitrogen and oxygen atoms in total. The molecule has 0 saturated carbocycles. The summed E-state index contributed by atoms with van der Waals surface area (Å²) in [6, 6.07) is 0. The van der Waals surface area contributed by atoms with Crippen LogP contribution >= 0.6 is 0 Å². The monoisotopic (exact) mass is 166 g/mol. The van der Waals surface area contributed by atoms with Gasteiger partial charge in [0.2, 0.25) is 0 Å². The summed E-state index contributed by atoms with van der Waals surface area (Å²) in [5, 5.41) is 2.83. The van der Waals surface area contributed by atoms with Crippen molar-refractivity contribution in [2.45, 2.75) is 13.3 Å². The second-order valence-electron chi connectivity index (χ2n) is 2.47. The predicted octanol–water partition coefficient (Wildman–Crippen LogP) is 0.437. The quantitative estimate of drug-likeness (QED) is 0.521. The minimum atomic E-state index is -0.538. The summed E-state index contributed by atoms with van der Waals surface area (Å²) in [4.78, 5) is 25.1. The average molecular weight is 166 g/mol. The van der Waals surface area contributed by atoms with Gasteiger partial charge < -0.3 is 5.32 Å². The van der Waals surface area contributed by atoms with Crippen molar-refractivity contribution in [3.63, 3.8) is 0 Å². The Morgan fingerprint density at radius 2 is 2.08 bits per heavy atom. The average Bonchev–Trinajstić information content (AvgIpc) is 2.10. The standard InChI is InChI=1S/C8H10N2O2/c1-3-4-10-6-5(9-2)7(11)8(6)12/h10H,2-4H2,1H3. The summed E-state index contributed by atoms with van der Waals surface area (Å²) in [6.07, 6.45) is 0.898. The van der Waals surface area contributed by atoms with E-state index in [-0.39, 0.29) is 5.69 Å². The van der Waals surface area contributed by atoms with Crippen molar-refractivity contribution < 1.29 is 0 Å².